The third-order valence-corrected chi connectivity index (χ3v) is 7.53. The molecule has 0 heterocycles. The van der Waals surface area contributed by atoms with Gasteiger partial charge in [0.25, 0.3) is 0 Å². The maximum absolute atomic E-state index is 13.9. The summed E-state index contributed by atoms with van der Waals surface area (Å²) in [7, 11) is -4.03. The van der Waals surface area contributed by atoms with Crippen LogP contribution in [0.2, 0.25) is 0 Å². The molecule has 0 bridgehead atoms. The summed E-state index contributed by atoms with van der Waals surface area (Å²) in [6.07, 6.45) is 5.03. The fraction of sp³-hybridized carbons (Fsp3) is 0.462. The number of nitrogens with zero attached hydrogens (tertiary/aromatic N) is 2. The maximum atomic E-state index is 13.9. The van der Waals surface area contributed by atoms with Gasteiger partial charge in [-0.3, -0.25) is 13.9 Å². The van der Waals surface area contributed by atoms with Gasteiger partial charge in [0.1, 0.15) is 12.6 Å². The number of rotatable bonds is 10. The molecule has 1 aliphatic rings. The van der Waals surface area contributed by atoms with Gasteiger partial charge in [-0.15, -0.1) is 0 Å². The Kier molecular flexibility index (Phi) is 9.05. The molecule has 2 aromatic rings. The van der Waals surface area contributed by atoms with Crippen molar-refractivity contribution in [2.45, 2.75) is 64.6 Å². The van der Waals surface area contributed by atoms with Gasteiger partial charge >= 0.3 is 0 Å². The number of nitrogens with one attached hydrogen (secondary N) is 1. The fourth-order valence-corrected chi connectivity index (χ4v) is 5.39. The molecule has 0 spiro atoms. The van der Waals surface area contributed by atoms with Crippen LogP contribution in [0.3, 0.4) is 0 Å². The van der Waals surface area contributed by atoms with E-state index >= 15 is 0 Å². The predicted octanol–water partition coefficient (Wildman–Crippen LogP) is 3.91. The summed E-state index contributed by atoms with van der Waals surface area (Å²) in [5, 5.41) is 3.04. The minimum absolute atomic E-state index is 0.0529. The molecule has 0 aliphatic heterocycles. The van der Waals surface area contributed by atoms with Crippen LogP contribution in [0.5, 0.6) is 0 Å². The molecule has 0 saturated heterocycles. The van der Waals surface area contributed by atoms with Crippen LogP contribution in [-0.2, 0) is 26.2 Å². The van der Waals surface area contributed by atoms with Crippen molar-refractivity contribution >= 4 is 27.5 Å². The molecule has 0 radical (unpaired) electrons. The van der Waals surface area contributed by atoms with E-state index in [0.717, 1.165) is 65.6 Å². The van der Waals surface area contributed by atoms with Crippen LogP contribution in [0.4, 0.5) is 14.5 Å². The zero-order chi connectivity index (χ0) is 26.5. The Bertz CT molecular complexity index is 1200. The van der Waals surface area contributed by atoms with E-state index in [1.165, 1.54) is 4.90 Å². The van der Waals surface area contributed by atoms with Gasteiger partial charge in [0, 0.05) is 18.7 Å². The number of amides is 2. The number of aryl methyl sites for hydroxylation is 1. The van der Waals surface area contributed by atoms with E-state index in [2.05, 4.69) is 5.32 Å². The first-order chi connectivity index (χ1) is 17.0. The molecular formula is C26H33F2N3O4S. The van der Waals surface area contributed by atoms with Gasteiger partial charge < -0.3 is 10.2 Å². The van der Waals surface area contributed by atoms with Gasteiger partial charge in [-0.25, -0.2) is 17.2 Å². The molecule has 36 heavy (non-hydrogen) atoms. The third kappa shape index (κ3) is 7.02. The molecular weight excluding hydrogens is 488 g/mol. The molecule has 1 atom stereocenters. The van der Waals surface area contributed by atoms with Crippen molar-refractivity contribution in [1.82, 2.24) is 10.2 Å². The molecule has 2 amide bonds. The first-order valence-corrected chi connectivity index (χ1v) is 13.9. The van der Waals surface area contributed by atoms with Crippen molar-refractivity contribution in [2.24, 2.45) is 0 Å². The average molecular weight is 522 g/mol. The van der Waals surface area contributed by atoms with Crippen LogP contribution in [-0.4, -0.2) is 50.0 Å². The first kappa shape index (κ1) is 27.6. The van der Waals surface area contributed by atoms with Crippen molar-refractivity contribution < 1.29 is 26.8 Å². The summed E-state index contributed by atoms with van der Waals surface area (Å²) in [6, 6.07) is 9.35. The first-order valence-electron chi connectivity index (χ1n) is 12.1. The van der Waals surface area contributed by atoms with Crippen LogP contribution in [0.25, 0.3) is 0 Å². The molecule has 2 aromatic carbocycles. The highest BCUT2D eigenvalue weighted by Gasteiger charge is 2.33. The maximum Gasteiger partial charge on any atom is 0.244 e. The summed E-state index contributed by atoms with van der Waals surface area (Å²) in [5.41, 5.74) is 1.58. The summed E-state index contributed by atoms with van der Waals surface area (Å²) in [5.74, 6) is -3.27. The van der Waals surface area contributed by atoms with Gasteiger partial charge in [0.2, 0.25) is 21.8 Å². The Morgan fingerprint density at radius 1 is 1.08 bits per heavy atom. The monoisotopic (exact) mass is 521 g/mol. The van der Waals surface area contributed by atoms with Gasteiger partial charge in [0.05, 0.1) is 11.9 Å². The largest absolute Gasteiger partial charge is 0.352 e. The van der Waals surface area contributed by atoms with Crippen molar-refractivity contribution in [2.75, 3.05) is 17.1 Å². The molecule has 7 nitrogen and oxygen atoms in total. The van der Waals surface area contributed by atoms with Crippen LogP contribution in [0.1, 0.15) is 50.2 Å². The van der Waals surface area contributed by atoms with E-state index in [9.17, 15) is 26.8 Å². The Morgan fingerprint density at radius 3 is 2.36 bits per heavy atom. The lowest BCUT2D eigenvalue weighted by Crippen LogP contribution is -2.53. The zero-order valence-electron chi connectivity index (χ0n) is 20.8. The van der Waals surface area contributed by atoms with E-state index in [0.29, 0.717) is 6.42 Å². The van der Waals surface area contributed by atoms with Crippen LogP contribution >= 0.6 is 0 Å². The van der Waals surface area contributed by atoms with Crippen LogP contribution in [0.15, 0.2) is 42.5 Å². The van der Waals surface area contributed by atoms with E-state index in [-0.39, 0.29) is 24.2 Å². The minimum atomic E-state index is -4.03. The molecule has 0 aromatic heterocycles. The van der Waals surface area contributed by atoms with E-state index < -0.39 is 40.2 Å². The van der Waals surface area contributed by atoms with E-state index in [1.54, 1.807) is 6.92 Å². The second-order valence-electron chi connectivity index (χ2n) is 9.29. The SMILES string of the molecule is CC[C@@H](C(=O)NC1CCCC1)N(Cc1cccc(C)c1)C(=O)CN(c1ccc(F)c(F)c1)S(C)(=O)=O. The van der Waals surface area contributed by atoms with E-state index in [1.807, 2.05) is 31.2 Å². The third-order valence-electron chi connectivity index (χ3n) is 6.39. The highest BCUT2D eigenvalue weighted by atomic mass is 32.2. The summed E-state index contributed by atoms with van der Waals surface area (Å²) in [4.78, 5) is 28.2. The van der Waals surface area contributed by atoms with Gasteiger partial charge in [-0.05, 0) is 43.9 Å². The van der Waals surface area contributed by atoms with Crippen molar-refractivity contribution in [3.63, 3.8) is 0 Å². The normalized spacial score (nSPS) is 14.9. The molecule has 196 valence electrons. The Labute approximate surface area is 211 Å². The number of halogens is 2. The number of sulfonamides is 1. The fourth-order valence-electron chi connectivity index (χ4n) is 4.55. The number of benzene rings is 2. The second-order valence-corrected chi connectivity index (χ2v) is 11.2. The Hall–Kier alpha value is -3.01. The standard InChI is InChI=1S/C26H33F2N3O4S/c1-4-24(26(33)29-20-10-5-6-11-20)30(16-19-9-7-8-18(2)14-19)25(32)17-31(36(3,34)35)21-12-13-22(27)23(28)15-21/h7-9,12-15,20,24H,4-6,10-11,16-17H2,1-3H3,(H,29,33)/t24-/m0/s1. The topological polar surface area (TPSA) is 86.8 Å². The molecule has 1 N–H and O–H groups in total. The Balaban J connectivity index is 1.93. The van der Waals surface area contributed by atoms with Crippen LogP contribution < -0.4 is 9.62 Å². The van der Waals surface area contributed by atoms with Gasteiger partial charge in [-0.1, -0.05) is 49.6 Å². The van der Waals surface area contributed by atoms with Gasteiger partial charge in [0.15, 0.2) is 11.6 Å². The lowest BCUT2D eigenvalue weighted by atomic mass is 10.1. The number of carbonyl (C=O) groups is 2. The predicted molar refractivity (Wildman–Crippen MR) is 135 cm³/mol. The van der Waals surface area contributed by atoms with Gasteiger partial charge in [-0.2, -0.15) is 0 Å². The number of hydrogen-bond acceptors (Lipinski definition) is 4. The highest BCUT2D eigenvalue weighted by Crippen LogP contribution is 2.23. The summed E-state index contributed by atoms with van der Waals surface area (Å²) in [6.45, 7) is 3.13. The molecule has 1 aliphatic carbocycles. The molecule has 0 unspecified atom stereocenters. The van der Waals surface area contributed by atoms with Crippen molar-refractivity contribution in [3.8, 4) is 0 Å². The summed E-state index contributed by atoms with van der Waals surface area (Å²) < 4.78 is 53.2. The molecule has 1 fully saturated rings. The van der Waals surface area contributed by atoms with Crippen molar-refractivity contribution in [1.29, 1.82) is 0 Å². The summed E-state index contributed by atoms with van der Waals surface area (Å²) >= 11 is 0. The van der Waals surface area contributed by atoms with E-state index in [4.69, 9.17) is 0 Å². The average Bonchev–Trinajstić information content (AvgIpc) is 3.31. The Morgan fingerprint density at radius 2 is 1.78 bits per heavy atom. The quantitative estimate of drug-likeness (QED) is 0.514. The lowest BCUT2D eigenvalue weighted by Gasteiger charge is -2.33. The molecule has 1 saturated carbocycles. The number of carbonyl (C=O) groups excluding carboxylic acids is 2. The smallest absolute Gasteiger partial charge is 0.244 e. The second kappa shape index (κ2) is 11.8. The zero-order valence-corrected chi connectivity index (χ0v) is 21.7. The lowest BCUT2D eigenvalue weighted by molar-refractivity contribution is -0.140. The van der Waals surface area contributed by atoms with Crippen molar-refractivity contribution in [3.05, 3.63) is 65.2 Å². The molecule has 3 rings (SSSR count). The molecule has 10 heteroatoms. The van der Waals surface area contributed by atoms with Crippen LogP contribution in [0, 0.1) is 18.6 Å². The minimum Gasteiger partial charge on any atom is -0.352 e. The highest BCUT2D eigenvalue weighted by molar-refractivity contribution is 7.92. The number of anilines is 1. The number of hydrogen-bond donors (Lipinski definition) is 1.